The highest BCUT2D eigenvalue weighted by Gasteiger charge is 2.46. The van der Waals surface area contributed by atoms with Gasteiger partial charge >= 0.3 is 0 Å². The summed E-state index contributed by atoms with van der Waals surface area (Å²) in [6.07, 6.45) is 8.05. The summed E-state index contributed by atoms with van der Waals surface area (Å²) in [5.74, 6) is 0.507. The number of aromatic nitrogens is 3. The molecule has 1 saturated heterocycles. The summed E-state index contributed by atoms with van der Waals surface area (Å²) in [5, 5.41) is 15.5. The molecule has 1 aliphatic heterocycles. The van der Waals surface area contributed by atoms with Gasteiger partial charge in [-0.2, -0.15) is 10.4 Å². The average molecular weight is 302 g/mol. The van der Waals surface area contributed by atoms with Gasteiger partial charge in [-0.05, 0) is 44.9 Å². The van der Waals surface area contributed by atoms with Crippen molar-refractivity contribution in [3.8, 4) is 6.07 Å². The molecule has 0 radical (unpaired) electrons. The van der Waals surface area contributed by atoms with Crippen LogP contribution >= 0.6 is 0 Å². The van der Waals surface area contributed by atoms with E-state index in [-0.39, 0.29) is 5.78 Å². The summed E-state index contributed by atoms with van der Waals surface area (Å²) in [5.41, 5.74) is 2.49. The summed E-state index contributed by atoms with van der Waals surface area (Å²) >= 11 is 0. The molecular formula is C15H22N6O. The topological polar surface area (TPSA) is 86.8 Å². The first kappa shape index (κ1) is 15.1. The number of nitriles is 1. The van der Waals surface area contributed by atoms with Crippen LogP contribution in [0.5, 0.6) is 0 Å². The Morgan fingerprint density at radius 3 is 3.09 bits per heavy atom. The summed E-state index contributed by atoms with van der Waals surface area (Å²) < 4.78 is 1.87. The molecule has 2 fully saturated rings. The standard InChI is InChI=1S/C15H22N6O/c1-12(22)15(9-16)5-2-6-21(15)19-14-4-3-13(7-14)8-20-11-17-10-18-20/h10-11,13-14,19H,2-8H2,1H3. The Balaban J connectivity index is 1.58. The van der Waals surface area contributed by atoms with Gasteiger partial charge in [-0.1, -0.05) is 0 Å². The third kappa shape index (κ3) is 2.76. The quantitative estimate of drug-likeness (QED) is 0.869. The van der Waals surface area contributed by atoms with Crippen LogP contribution in [0.15, 0.2) is 12.7 Å². The fourth-order valence-corrected chi connectivity index (χ4v) is 3.72. The molecule has 3 rings (SSSR count). The van der Waals surface area contributed by atoms with E-state index < -0.39 is 5.54 Å². The largest absolute Gasteiger partial charge is 0.297 e. The number of carbonyl (C=O) groups excluding carboxylic acids is 1. The Labute approximate surface area is 130 Å². The maximum atomic E-state index is 11.9. The van der Waals surface area contributed by atoms with Gasteiger partial charge in [0.2, 0.25) is 0 Å². The van der Waals surface area contributed by atoms with Gasteiger partial charge in [-0.25, -0.2) is 9.99 Å². The molecule has 0 aromatic carbocycles. The first-order valence-corrected chi connectivity index (χ1v) is 7.92. The molecule has 1 aromatic rings. The van der Waals surface area contributed by atoms with Gasteiger partial charge in [0.1, 0.15) is 12.7 Å². The van der Waals surface area contributed by atoms with Crippen molar-refractivity contribution in [1.82, 2.24) is 25.2 Å². The molecule has 3 unspecified atom stereocenters. The lowest BCUT2D eigenvalue weighted by atomic mass is 9.94. The molecule has 1 aliphatic carbocycles. The van der Waals surface area contributed by atoms with Gasteiger partial charge in [0.05, 0.1) is 6.07 Å². The van der Waals surface area contributed by atoms with E-state index >= 15 is 0 Å². The van der Waals surface area contributed by atoms with E-state index in [1.807, 2.05) is 9.69 Å². The average Bonchev–Trinajstić information content (AvgIpc) is 3.21. The van der Waals surface area contributed by atoms with Crippen LogP contribution in [0.25, 0.3) is 0 Å². The second-order valence-corrected chi connectivity index (χ2v) is 6.41. The van der Waals surface area contributed by atoms with E-state index in [9.17, 15) is 10.1 Å². The van der Waals surface area contributed by atoms with Crippen molar-refractivity contribution in [3.05, 3.63) is 12.7 Å². The predicted octanol–water partition coefficient (Wildman–Crippen LogP) is 0.899. The second-order valence-electron chi connectivity index (χ2n) is 6.41. The molecule has 0 amide bonds. The molecule has 1 N–H and O–H groups in total. The van der Waals surface area contributed by atoms with Crippen LogP contribution in [-0.2, 0) is 11.3 Å². The first-order chi connectivity index (χ1) is 10.6. The SMILES string of the molecule is CC(=O)C1(C#N)CCCN1NC1CCC(Cn2cncn2)C1. The minimum atomic E-state index is -0.968. The van der Waals surface area contributed by atoms with Crippen LogP contribution in [0.3, 0.4) is 0 Å². The maximum Gasteiger partial charge on any atom is 0.179 e. The van der Waals surface area contributed by atoms with Gasteiger partial charge in [0, 0.05) is 19.1 Å². The Hall–Kier alpha value is -1.78. The summed E-state index contributed by atoms with van der Waals surface area (Å²) in [6, 6.07) is 2.57. The second kappa shape index (κ2) is 6.15. The van der Waals surface area contributed by atoms with Gasteiger partial charge in [-0.3, -0.25) is 14.9 Å². The number of hydrazine groups is 1. The molecule has 0 bridgehead atoms. The Morgan fingerprint density at radius 2 is 2.41 bits per heavy atom. The van der Waals surface area contributed by atoms with Gasteiger partial charge in [-0.15, -0.1) is 0 Å². The zero-order valence-corrected chi connectivity index (χ0v) is 12.9. The van der Waals surface area contributed by atoms with E-state index in [4.69, 9.17) is 0 Å². The minimum Gasteiger partial charge on any atom is -0.297 e. The third-order valence-corrected chi connectivity index (χ3v) is 4.94. The highest BCUT2D eigenvalue weighted by Crippen LogP contribution is 2.32. The van der Waals surface area contributed by atoms with Crippen molar-refractivity contribution in [3.63, 3.8) is 0 Å². The number of carbonyl (C=O) groups is 1. The van der Waals surface area contributed by atoms with Gasteiger partial charge in [0.15, 0.2) is 11.3 Å². The van der Waals surface area contributed by atoms with Crippen molar-refractivity contribution in [2.75, 3.05) is 6.54 Å². The fraction of sp³-hybridized carbons (Fsp3) is 0.733. The maximum absolute atomic E-state index is 11.9. The molecule has 7 nitrogen and oxygen atoms in total. The summed E-state index contributed by atoms with van der Waals surface area (Å²) in [6.45, 7) is 3.16. The summed E-state index contributed by atoms with van der Waals surface area (Å²) in [7, 11) is 0. The molecule has 118 valence electrons. The molecule has 3 atom stereocenters. The molecule has 0 spiro atoms. The Morgan fingerprint density at radius 1 is 1.55 bits per heavy atom. The van der Waals surface area contributed by atoms with Gasteiger partial charge < -0.3 is 0 Å². The van der Waals surface area contributed by atoms with Crippen molar-refractivity contribution in [2.45, 2.75) is 57.2 Å². The molecule has 2 heterocycles. The van der Waals surface area contributed by atoms with Crippen LogP contribution in [-0.4, -0.2) is 43.7 Å². The number of Topliss-reactive ketones (excluding diaryl/α,β-unsaturated/α-hetero) is 1. The van der Waals surface area contributed by atoms with Crippen molar-refractivity contribution < 1.29 is 4.79 Å². The third-order valence-electron chi connectivity index (χ3n) is 4.94. The van der Waals surface area contributed by atoms with Crippen molar-refractivity contribution >= 4 is 5.78 Å². The van der Waals surface area contributed by atoms with Crippen LogP contribution in [0, 0.1) is 17.2 Å². The van der Waals surface area contributed by atoms with E-state index in [1.165, 1.54) is 6.92 Å². The molecule has 2 aliphatic rings. The van der Waals surface area contributed by atoms with E-state index in [0.717, 1.165) is 38.8 Å². The van der Waals surface area contributed by atoms with E-state index in [2.05, 4.69) is 21.6 Å². The number of hydrogen-bond acceptors (Lipinski definition) is 6. The van der Waals surface area contributed by atoms with Crippen LogP contribution in [0.2, 0.25) is 0 Å². The Kier molecular flexibility index (Phi) is 4.23. The first-order valence-electron chi connectivity index (χ1n) is 7.92. The van der Waals surface area contributed by atoms with Crippen LogP contribution in [0.4, 0.5) is 0 Å². The summed E-state index contributed by atoms with van der Waals surface area (Å²) in [4.78, 5) is 15.9. The van der Waals surface area contributed by atoms with Crippen molar-refractivity contribution in [1.29, 1.82) is 5.26 Å². The number of nitrogens with one attached hydrogen (secondary N) is 1. The normalized spacial score (nSPS) is 32.2. The molecular weight excluding hydrogens is 280 g/mol. The fourth-order valence-electron chi connectivity index (χ4n) is 3.72. The number of nitrogens with zero attached hydrogens (tertiary/aromatic N) is 5. The van der Waals surface area contributed by atoms with Gasteiger partial charge in [0.25, 0.3) is 0 Å². The number of ketones is 1. The van der Waals surface area contributed by atoms with E-state index in [0.29, 0.717) is 18.4 Å². The lowest BCUT2D eigenvalue weighted by Gasteiger charge is -2.33. The number of rotatable bonds is 5. The monoisotopic (exact) mass is 302 g/mol. The predicted molar refractivity (Wildman–Crippen MR) is 79.3 cm³/mol. The highest BCUT2D eigenvalue weighted by atomic mass is 16.1. The highest BCUT2D eigenvalue weighted by molar-refractivity contribution is 5.89. The zero-order valence-electron chi connectivity index (χ0n) is 12.9. The molecule has 7 heteroatoms. The lowest BCUT2D eigenvalue weighted by molar-refractivity contribution is -0.126. The molecule has 1 aromatic heterocycles. The Bertz CT molecular complexity index is 565. The lowest BCUT2D eigenvalue weighted by Crippen LogP contribution is -2.57. The molecule has 1 saturated carbocycles. The van der Waals surface area contributed by atoms with Crippen LogP contribution < -0.4 is 5.43 Å². The minimum absolute atomic E-state index is 0.0582. The van der Waals surface area contributed by atoms with Crippen LogP contribution in [0.1, 0.15) is 39.0 Å². The van der Waals surface area contributed by atoms with E-state index in [1.54, 1.807) is 12.7 Å². The number of hydrogen-bond donors (Lipinski definition) is 1. The zero-order chi connectivity index (χ0) is 15.6. The van der Waals surface area contributed by atoms with Crippen molar-refractivity contribution in [2.24, 2.45) is 5.92 Å². The molecule has 22 heavy (non-hydrogen) atoms. The smallest absolute Gasteiger partial charge is 0.179 e.